The molecule has 78 valence electrons. The van der Waals surface area contributed by atoms with Gasteiger partial charge < -0.3 is 9.94 Å². The Balaban J connectivity index is 0. The van der Waals surface area contributed by atoms with Gasteiger partial charge in [-0.25, -0.2) is 0 Å². The van der Waals surface area contributed by atoms with Crippen molar-refractivity contribution in [2.75, 3.05) is 6.61 Å². The number of aliphatic carboxylic acids is 1. The molecule has 0 radical (unpaired) electrons. The Morgan fingerprint density at radius 1 is 1.38 bits per heavy atom. The topological polar surface area (TPSA) is 89.7 Å². The molecule has 0 aromatic heterocycles. The number of carboxylic acids is 1. The van der Waals surface area contributed by atoms with E-state index in [9.17, 15) is 14.9 Å². The lowest BCUT2D eigenvalue weighted by Gasteiger charge is -1.97. The Morgan fingerprint density at radius 3 is 2.46 bits per heavy atom. The van der Waals surface area contributed by atoms with Crippen molar-refractivity contribution in [2.24, 2.45) is 0 Å². The normalized spacial score (nSPS) is 8.62. The van der Waals surface area contributed by atoms with Crippen LogP contribution in [-0.4, -0.2) is 22.8 Å². The predicted molar refractivity (Wildman–Crippen MR) is 46.3 cm³/mol. The van der Waals surface area contributed by atoms with E-state index in [2.05, 4.69) is 4.84 Å². The fraction of sp³-hybridized carbons (Fsp3) is 0.833. The van der Waals surface area contributed by atoms with Gasteiger partial charge in [-0.15, -0.1) is 22.5 Å². The van der Waals surface area contributed by atoms with Crippen LogP contribution in [0.25, 0.3) is 0 Å². The van der Waals surface area contributed by atoms with E-state index in [4.69, 9.17) is 5.11 Å². The van der Waals surface area contributed by atoms with E-state index < -0.39 is 11.1 Å². The Kier molecular flexibility index (Phi) is 10.1. The molecule has 0 saturated heterocycles. The second-order valence-electron chi connectivity index (χ2n) is 2.26. The van der Waals surface area contributed by atoms with Crippen molar-refractivity contribution < 1.29 is 19.8 Å². The standard InChI is InChI=1S/C6H11NO5.ClH/c8-6(9)4-2-1-3-5-12-7(10)11;/h1-5H2,(H,8,9);1H. The van der Waals surface area contributed by atoms with Gasteiger partial charge in [0.1, 0.15) is 0 Å². The third kappa shape index (κ3) is 13.9. The maximum absolute atomic E-state index is 10.0. The van der Waals surface area contributed by atoms with Gasteiger partial charge in [-0.2, -0.15) is 0 Å². The Labute approximate surface area is 81.4 Å². The maximum atomic E-state index is 10.0. The Morgan fingerprint density at radius 2 is 2.00 bits per heavy atom. The molecule has 0 aliphatic heterocycles. The molecule has 13 heavy (non-hydrogen) atoms. The zero-order valence-corrected chi connectivity index (χ0v) is 7.79. The SMILES string of the molecule is Cl.O=C(O)CCCCCO[N+](=O)[O-]. The predicted octanol–water partition coefficient (Wildman–Crippen LogP) is 1.26. The average molecular weight is 214 g/mol. The van der Waals surface area contributed by atoms with Crippen molar-refractivity contribution >= 4 is 18.4 Å². The highest BCUT2D eigenvalue weighted by atomic mass is 35.5. The van der Waals surface area contributed by atoms with Gasteiger partial charge in [0.15, 0.2) is 0 Å². The first-order valence-electron chi connectivity index (χ1n) is 3.62. The smallest absolute Gasteiger partial charge is 0.303 e. The van der Waals surface area contributed by atoms with Crippen LogP contribution in [0.2, 0.25) is 0 Å². The monoisotopic (exact) mass is 213 g/mol. The first-order chi connectivity index (χ1) is 5.63. The highest BCUT2D eigenvalue weighted by Crippen LogP contribution is 1.99. The molecule has 0 saturated carbocycles. The molecule has 0 atom stereocenters. The Hall–Kier alpha value is -1.04. The van der Waals surface area contributed by atoms with Gasteiger partial charge in [0.05, 0.1) is 6.61 Å². The van der Waals surface area contributed by atoms with Crippen LogP contribution in [0.1, 0.15) is 25.7 Å². The summed E-state index contributed by atoms with van der Waals surface area (Å²) in [6.07, 6.45) is 1.81. The minimum atomic E-state index is -0.850. The molecule has 0 aromatic carbocycles. The van der Waals surface area contributed by atoms with Crippen LogP contribution in [-0.2, 0) is 9.63 Å². The number of hydrogen-bond donors (Lipinski definition) is 1. The summed E-state index contributed by atoms with van der Waals surface area (Å²) in [6.45, 7) is 0.0482. The summed E-state index contributed by atoms with van der Waals surface area (Å²) in [7, 11) is 0. The molecule has 0 aliphatic carbocycles. The molecule has 0 heterocycles. The number of halogens is 1. The van der Waals surface area contributed by atoms with Crippen LogP contribution >= 0.6 is 12.4 Å². The summed E-state index contributed by atoms with van der Waals surface area (Å²) in [4.78, 5) is 23.7. The van der Waals surface area contributed by atoms with Crippen molar-refractivity contribution in [3.63, 3.8) is 0 Å². The summed E-state index contributed by atoms with van der Waals surface area (Å²) in [6, 6.07) is 0. The molecule has 0 aliphatic rings. The number of rotatable bonds is 7. The van der Waals surface area contributed by atoms with Crippen LogP contribution in [0.15, 0.2) is 0 Å². The van der Waals surface area contributed by atoms with Crippen LogP contribution < -0.4 is 0 Å². The lowest BCUT2D eigenvalue weighted by atomic mass is 10.2. The molecule has 0 rings (SSSR count). The summed E-state index contributed by atoms with van der Waals surface area (Å²) in [5.74, 6) is -0.842. The number of carboxylic acid groups (broad SMARTS) is 1. The molecule has 1 N–H and O–H groups in total. The largest absolute Gasteiger partial charge is 0.481 e. The molecule has 0 spiro atoms. The lowest BCUT2D eigenvalue weighted by Crippen LogP contribution is -2.02. The van der Waals surface area contributed by atoms with Crippen LogP contribution in [0.5, 0.6) is 0 Å². The van der Waals surface area contributed by atoms with E-state index in [-0.39, 0.29) is 25.4 Å². The van der Waals surface area contributed by atoms with Gasteiger partial charge in [-0.05, 0) is 12.8 Å². The number of unbranched alkanes of at least 4 members (excludes halogenated alkanes) is 2. The van der Waals surface area contributed by atoms with Crippen LogP contribution in [0.3, 0.4) is 0 Å². The van der Waals surface area contributed by atoms with Crippen molar-refractivity contribution in [3.05, 3.63) is 10.1 Å². The second kappa shape index (κ2) is 9.05. The minimum Gasteiger partial charge on any atom is -0.481 e. The van der Waals surface area contributed by atoms with E-state index in [1.54, 1.807) is 0 Å². The molecule has 0 bridgehead atoms. The average Bonchev–Trinajstić information content (AvgIpc) is 1.95. The van der Waals surface area contributed by atoms with Crippen LogP contribution in [0, 0.1) is 10.1 Å². The third-order valence-electron chi connectivity index (χ3n) is 1.23. The van der Waals surface area contributed by atoms with Crippen molar-refractivity contribution in [1.29, 1.82) is 0 Å². The van der Waals surface area contributed by atoms with Crippen molar-refractivity contribution in [3.8, 4) is 0 Å². The molecular weight excluding hydrogens is 202 g/mol. The molecular formula is C6H12ClNO5. The van der Waals surface area contributed by atoms with E-state index in [0.717, 1.165) is 0 Å². The van der Waals surface area contributed by atoms with E-state index >= 15 is 0 Å². The lowest BCUT2D eigenvalue weighted by molar-refractivity contribution is -0.757. The van der Waals surface area contributed by atoms with Crippen molar-refractivity contribution in [1.82, 2.24) is 0 Å². The van der Waals surface area contributed by atoms with E-state index in [1.165, 1.54) is 0 Å². The van der Waals surface area contributed by atoms with Gasteiger partial charge in [0.2, 0.25) is 0 Å². The van der Waals surface area contributed by atoms with Gasteiger partial charge in [0.25, 0.3) is 5.09 Å². The fourth-order valence-corrected chi connectivity index (χ4v) is 0.694. The summed E-state index contributed by atoms with van der Waals surface area (Å²) < 4.78 is 0. The first kappa shape index (κ1) is 14.5. The number of hydrogen-bond acceptors (Lipinski definition) is 4. The van der Waals surface area contributed by atoms with Gasteiger partial charge in [0, 0.05) is 6.42 Å². The zero-order chi connectivity index (χ0) is 9.40. The highest BCUT2D eigenvalue weighted by molar-refractivity contribution is 5.85. The van der Waals surface area contributed by atoms with E-state index in [1.807, 2.05) is 0 Å². The molecule has 0 amide bonds. The molecule has 0 fully saturated rings. The van der Waals surface area contributed by atoms with Gasteiger partial charge in [-0.1, -0.05) is 6.42 Å². The second-order valence-corrected chi connectivity index (χ2v) is 2.26. The van der Waals surface area contributed by atoms with Gasteiger partial charge in [-0.3, -0.25) is 4.79 Å². The van der Waals surface area contributed by atoms with Crippen LogP contribution in [0.4, 0.5) is 0 Å². The summed E-state index contributed by atoms with van der Waals surface area (Å²) in [5.41, 5.74) is 0. The molecule has 0 aromatic rings. The zero-order valence-electron chi connectivity index (χ0n) is 6.97. The maximum Gasteiger partial charge on any atom is 0.303 e. The van der Waals surface area contributed by atoms with Gasteiger partial charge >= 0.3 is 5.97 Å². The van der Waals surface area contributed by atoms with Crippen molar-refractivity contribution in [2.45, 2.75) is 25.7 Å². The summed E-state index contributed by atoms with van der Waals surface area (Å²) >= 11 is 0. The Bertz CT molecular complexity index is 145. The molecule has 0 unspecified atom stereocenters. The third-order valence-corrected chi connectivity index (χ3v) is 1.23. The summed E-state index contributed by atoms with van der Waals surface area (Å²) in [5, 5.41) is 17.0. The number of carbonyl (C=O) groups is 1. The minimum absolute atomic E-state index is 0. The fourth-order valence-electron chi connectivity index (χ4n) is 0.694. The van der Waals surface area contributed by atoms with E-state index in [0.29, 0.717) is 19.3 Å². The molecule has 7 heteroatoms. The highest BCUT2D eigenvalue weighted by Gasteiger charge is 1.97. The number of nitrogens with zero attached hydrogens (tertiary/aromatic N) is 1. The molecule has 6 nitrogen and oxygen atoms in total. The first-order valence-corrected chi connectivity index (χ1v) is 3.62. The quantitative estimate of drug-likeness (QED) is 0.391.